The molecule has 2 heterocycles. The van der Waals surface area contributed by atoms with Gasteiger partial charge in [-0.3, -0.25) is 0 Å². The lowest BCUT2D eigenvalue weighted by atomic mass is 10.3. The number of aliphatic hydroxyl groups excluding tert-OH is 1. The molecule has 10 nitrogen and oxygen atoms in total. The minimum Gasteiger partial charge on any atom is -0.395 e. The highest BCUT2D eigenvalue weighted by atomic mass is 32.2. The molecule has 11 heteroatoms. The minimum absolute atomic E-state index is 0.0510. The van der Waals surface area contributed by atoms with Crippen molar-refractivity contribution in [2.45, 2.75) is 4.90 Å². The number of sulfonamides is 1. The van der Waals surface area contributed by atoms with Gasteiger partial charge in [0.2, 0.25) is 16.0 Å². The van der Waals surface area contributed by atoms with Crippen LogP contribution >= 0.6 is 0 Å². The number of anilines is 4. The van der Waals surface area contributed by atoms with E-state index >= 15 is 0 Å². The maximum Gasteiger partial charge on any atom is 0.264 e. The summed E-state index contributed by atoms with van der Waals surface area (Å²) in [6.45, 7) is -0.329. The van der Waals surface area contributed by atoms with Crippen LogP contribution in [-0.2, 0) is 10.0 Å². The number of hydrogen-bond acceptors (Lipinski definition) is 9. The lowest BCUT2D eigenvalue weighted by molar-refractivity contribution is 0.301. The fourth-order valence-electron chi connectivity index (χ4n) is 2.68. The number of benzene rings is 2. The topological polar surface area (TPSA) is 142 Å². The molecule has 2 aromatic heterocycles. The average Bonchev–Trinajstić information content (AvgIpc) is 3.22. The minimum atomic E-state index is -3.68. The third-order valence-electron chi connectivity index (χ3n) is 4.09. The number of aromatic nitrogens is 3. The lowest BCUT2D eigenvalue weighted by Gasteiger charge is -2.10. The van der Waals surface area contributed by atoms with Crippen molar-refractivity contribution in [3.8, 4) is 0 Å². The molecule has 0 unspecified atom stereocenters. The van der Waals surface area contributed by atoms with Crippen LogP contribution in [0.1, 0.15) is 0 Å². The molecule has 0 radical (unpaired) electrons. The molecule has 0 saturated heterocycles. The number of nitrogens with one attached hydrogen (secondary N) is 3. The van der Waals surface area contributed by atoms with Crippen molar-refractivity contribution < 1.29 is 18.0 Å². The van der Waals surface area contributed by atoms with E-state index in [9.17, 15) is 8.42 Å². The van der Waals surface area contributed by atoms with E-state index in [2.05, 4.69) is 30.5 Å². The smallest absolute Gasteiger partial charge is 0.264 e. The van der Waals surface area contributed by atoms with Gasteiger partial charge in [0.1, 0.15) is 11.2 Å². The first-order chi connectivity index (χ1) is 14.5. The second-order valence-electron chi connectivity index (χ2n) is 6.20. The van der Waals surface area contributed by atoms with Crippen molar-refractivity contribution in [3.63, 3.8) is 0 Å². The predicted octanol–water partition coefficient (Wildman–Crippen LogP) is 2.38. The quantitative estimate of drug-likeness (QED) is 0.334. The van der Waals surface area contributed by atoms with Gasteiger partial charge in [0.15, 0.2) is 0 Å². The van der Waals surface area contributed by atoms with Crippen LogP contribution in [0.2, 0.25) is 0 Å². The van der Waals surface area contributed by atoms with Gasteiger partial charge in [0, 0.05) is 17.9 Å². The summed E-state index contributed by atoms with van der Waals surface area (Å²) in [6.07, 6.45) is 1.53. The van der Waals surface area contributed by atoms with Gasteiger partial charge in [0.05, 0.1) is 17.7 Å². The first kappa shape index (κ1) is 19.8. The van der Waals surface area contributed by atoms with Crippen LogP contribution in [0.3, 0.4) is 0 Å². The van der Waals surface area contributed by atoms with E-state index in [1.54, 1.807) is 12.1 Å². The molecular formula is C19H18N6O4S. The third-order valence-corrected chi connectivity index (χ3v) is 5.57. The standard InChI is InChI=1S/C19H18N6O4S/c26-11-10-21-30(27,28)15-8-6-14(7-9-15)23-19-24-17(16-12-20-29-18(16)25-19)22-13-4-2-1-3-5-13/h1-9,12,21,26H,10-11H2,(H2,22,23,24,25). The van der Waals surface area contributed by atoms with Gasteiger partial charge in [-0.2, -0.15) is 9.97 Å². The van der Waals surface area contributed by atoms with E-state index in [0.29, 0.717) is 22.6 Å². The molecule has 0 bridgehead atoms. The second kappa shape index (κ2) is 8.45. The van der Waals surface area contributed by atoms with Crippen molar-refractivity contribution in [3.05, 3.63) is 60.8 Å². The maximum atomic E-state index is 12.1. The van der Waals surface area contributed by atoms with Crippen molar-refractivity contribution in [2.75, 3.05) is 23.8 Å². The van der Waals surface area contributed by atoms with Gasteiger partial charge in [0.25, 0.3) is 5.71 Å². The van der Waals surface area contributed by atoms with Crippen molar-refractivity contribution in [1.29, 1.82) is 0 Å². The first-order valence-electron chi connectivity index (χ1n) is 8.97. The van der Waals surface area contributed by atoms with Crippen molar-refractivity contribution in [1.82, 2.24) is 19.8 Å². The predicted molar refractivity (Wildman–Crippen MR) is 111 cm³/mol. The van der Waals surface area contributed by atoms with Gasteiger partial charge >= 0.3 is 0 Å². The lowest BCUT2D eigenvalue weighted by Crippen LogP contribution is -2.26. The SMILES string of the molecule is O=S(=O)(NCCO)c1ccc(Nc2nc(Nc3ccccc3)c3cnoc3n2)cc1. The average molecular weight is 426 g/mol. The first-order valence-corrected chi connectivity index (χ1v) is 10.5. The molecule has 0 amide bonds. The van der Waals surface area contributed by atoms with Crippen LogP contribution in [-0.4, -0.2) is 41.8 Å². The molecule has 0 fully saturated rings. The number of fused-ring (bicyclic) bond motifs is 1. The van der Waals surface area contributed by atoms with E-state index in [1.165, 1.54) is 18.3 Å². The van der Waals surface area contributed by atoms with Crippen LogP contribution in [0.5, 0.6) is 0 Å². The van der Waals surface area contributed by atoms with Gasteiger partial charge in [-0.1, -0.05) is 23.4 Å². The van der Waals surface area contributed by atoms with Gasteiger partial charge in [-0.05, 0) is 36.4 Å². The summed E-state index contributed by atoms with van der Waals surface area (Å²) in [4.78, 5) is 8.86. The Hall–Kier alpha value is -3.54. The summed E-state index contributed by atoms with van der Waals surface area (Å²) in [7, 11) is -3.68. The summed E-state index contributed by atoms with van der Waals surface area (Å²) in [6, 6.07) is 15.6. The molecular weight excluding hydrogens is 408 g/mol. The molecule has 154 valence electrons. The molecule has 0 atom stereocenters. The molecule has 0 aliphatic heterocycles. The van der Waals surface area contributed by atoms with E-state index in [0.717, 1.165) is 5.69 Å². The summed E-state index contributed by atoms with van der Waals surface area (Å²) in [5.41, 5.74) is 1.73. The van der Waals surface area contributed by atoms with Crippen LogP contribution in [0.15, 0.2) is 70.2 Å². The van der Waals surface area contributed by atoms with E-state index < -0.39 is 10.0 Å². The number of aliphatic hydroxyl groups is 1. The molecule has 4 rings (SSSR count). The summed E-state index contributed by atoms with van der Waals surface area (Å²) < 4.78 is 31.7. The van der Waals surface area contributed by atoms with E-state index in [4.69, 9.17) is 9.63 Å². The second-order valence-corrected chi connectivity index (χ2v) is 7.97. The normalized spacial score (nSPS) is 11.5. The zero-order valence-electron chi connectivity index (χ0n) is 15.6. The third kappa shape index (κ3) is 4.38. The zero-order valence-corrected chi connectivity index (χ0v) is 16.4. The fraction of sp³-hybridized carbons (Fsp3) is 0.105. The Morgan fingerprint density at radius 3 is 2.40 bits per heavy atom. The summed E-state index contributed by atoms with van der Waals surface area (Å²) >= 11 is 0. The molecule has 0 spiro atoms. The summed E-state index contributed by atoms with van der Waals surface area (Å²) in [5, 5.41) is 19.4. The van der Waals surface area contributed by atoms with Gasteiger partial charge in [-0.25, -0.2) is 13.1 Å². The van der Waals surface area contributed by atoms with Gasteiger partial charge in [-0.15, -0.1) is 0 Å². The Bertz CT molecular complexity index is 1240. The molecule has 0 aliphatic carbocycles. The number of rotatable bonds is 8. The highest BCUT2D eigenvalue weighted by molar-refractivity contribution is 7.89. The zero-order chi connectivity index (χ0) is 21.0. The molecule has 4 aromatic rings. The van der Waals surface area contributed by atoms with Gasteiger partial charge < -0.3 is 20.3 Å². The van der Waals surface area contributed by atoms with E-state index in [-0.39, 0.29) is 24.0 Å². The van der Waals surface area contributed by atoms with E-state index in [1.807, 2.05) is 30.3 Å². The van der Waals surface area contributed by atoms with Crippen molar-refractivity contribution in [2.24, 2.45) is 0 Å². The molecule has 30 heavy (non-hydrogen) atoms. The molecule has 0 saturated carbocycles. The molecule has 2 aromatic carbocycles. The fourth-order valence-corrected chi connectivity index (χ4v) is 3.70. The highest BCUT2D eigenvalue weighted by Crippen LogP contribution is 2.26. The highest BCUT2D eigenvalue weighted by Gasteiger charge is 2.14. The van der Waals surface area contributed by atoms with Crippen LogP contribution in [0.25, 0.3) is 11.1 Å². The maximum absolute atomic E-state index is 12.1. The Morgan fingerprint density at radius 1 is 0.933 bits per heavy atom. The molecule has 0 aliphatic rings. The summed E-state index contributed by atoms with van der Waals surface area (Å²) in [5.74, 6) is 0.772. The largest absolute Gasteiger partial charge is 0.395 e. The number of hydrogen-bond donors (Lipinski definition) is 4. The monoisotopic (exact) mass is 426 g/mol. The number of para-hydroxylation sites is 1. The Morgan fingerprint density at radius 2 is 1.67 bits per heavy atom. The Labute approximate surface area is 172 Å². The van der Waals surface area contributed by atoms with Crippen LogP contribution in [0, 0.1) is 0 Å². The molecule has 4 N–H and O–H groups in total. The Balaban J connectivity index is 1.58. The Kier molecular flexibility index (Phi) is 5.57. The van der Waals surface area contributed by atoms with Crippen LogP contribution in [0.4, 0.5) is 23.1 Å². The van der Waals surface area contributed by atoms with Crippen LogP contribution < -0.4 is 15.4 Å². The van der Waals surface area contributed by atoms with Crippen molar-refractivity contribution >= 4 is 44.3 Å². The number of nitrogens with zero attached hydrogens (tertiary/aromatic N) is 3.